The summed E-state index contributed by atoms with van der Waals surface area (Å²) in [5, 5.41) is 11.4. The number of carbonyl (C=O) groups excluding carboxylic acids is 2. The van der Waals surface area contributed by atoms with Gasteiger partial charge in [-0.15, -0.1) is 0 Å². The van der Waals surface area contributed by atoms with Crippen molar-refractivity contribution in [3.63, 3.8) is 0 Å². The zero-order valence-electron chi connectivity index (χ0n) is 12.3. The van der Waals surface area contributed by atoms with Crippen molar-refractivity contribution in [2.75, 3.05) is 20.8 Å². The smallest absolute Gasteiger partial charge is 0.223 e. The number of benzene rings is 1. The van der Waals surface area contributed by atoms with E-state index in [9.17, 15) is 14.7 Å². The molecule has 1 amide bonds. The second-order valence-electron chi connectivity index (χ2n) is 4.86. The summed E-state index contributed by atoms with van der Waals surface area (Å²) >= 11 is 0. The summed E-state index contributed by atoms with van der Waals surface area (Å²) in [4.78, 5) is 24.9. The Hall–Kier alpha value is -2.24. The van der Waals surface area contributed by atoms with Gasteiger partial charge in [-0.25, -0.2) is 0 Å². The number of carbonyl (C=O) groups is 2. The van der Waals surface area contributed by atoms with Gasteiger partial charge in [0.25, 0.3) is 0 Å². The quantitative estimate of drug-likeness (QED) is 0.783. The number of rotatable bonds is 5. The predicted molar refractivity (Wildman–Crippen MR) is 72.8 cm³/mol. The van der Waals surface area contributed by atoms with Crippen LogP contribution in [0.15, 0.2) is 18.2 Å². The molecule has 0 bridgehead atoms. The maximum absolute atomic E-state index is 12.0. The molecule has 1 aromatic carbocycles. The highest BCUT2D eigenvalue weighted by Crippen LogP contribution is 2.42. The maximum Gasteiger partial charge on any atom is 0.223 e. The summed E-state index contributed by atoms with van der Waals surface area (Å²) in [6, 6.07) is 4.56. The molecule has 1 aliphatic heterocycles. The molecular weight excluding hydrogens is 274 g/mol. The molecular formula is C15H18NO5-. The van der Waals surface area contributed by atoms with Gasteiger partial charge in [0.15, 0.2) is 0 Å². The standard InChI is InChI=1S/C15H19NO5/c1-4-16-13(17)8-11(15(18)19)14(16)10-6-5-9(20-2)7-12(10)21-3/h5-7,11,14H,4,8H2,1-3H3,(H,18,19)/p-1/t11-,14-/m0/s1. The molecule has 1 heterocycles. The average Bonchev–Trinajstić information content (AvgIpc) is 2.83. The first kappa shape index (κ1) is 15.2. The van der Waals surface area contributed by atoms with Crippen molar-refractivity contribution in [3.05, 3.63) is 23.8 Å². The van der Waals surface area contributed by atoms with Crippen LogP contribution in [0, 0.1) is 5.92 Å². The molecule has 0 aromatic heterocycles. The molecule has 2 atom stereocenters. The molecule has 1 saturated heterocycles. The Balaban J connectivity index is 2.50. The van der Waals surface area contributed by atoms with Gasteiger partial charge < -0.3 is 24.3 Å². The van der Waals surface area contributed by atoms with Crippen molar-refractivity contribution < 1.29 is 24.2 Å². The van der Waals surface area contributed by atoms with Crippen LogP contribution in [-0.2, 0) is 9.59 Å². The van der Waals surface area contributed by atoms with Crippen LogP contribution in [0.1, 0.15) is 24.9 Å². The van der Waals surface area contributed by atoms with Crippen LogP contribution in [0.2, 0.25) is 0 Å². The number of ether oxygens (including phenoxy) is 2. The van der Waals surface area contributed by atoms with E-state index < -0.39 is 17.9 Å². The summed E-state index contributed by atoms with van der Waals surface area (Å²) < 4.78 is 10.5. The fourth-order valence-corrected chi connectivity index (χ4v) is 2.82. The highest BCUT2D eigenvalue weighted by Gasteiger charge is 2.41. The first-order valence-electron chi connectivity index (χ1n) is 6.75. The number of aliphatic carboxylic acids is 1. The molecule has 0 spiro atoms. The number of hydrogen-bond donors (Lipinski definition) is 0. The van der Waals surface area contributed by atoms with Crippen LogP contribution >= 0.6 is 0 Å². The first-order chi connectivity index (χ1) is 10.0. The van der Waals surface area contributed by atoms with Crippen molar-refractivity contribution >= 4 is 11.9 Å². The Morgan fingerprint density at radius 2 is 2.10 bits per heavy atom. The molecule has 0 unspecified atom stereocenters. The van der Waals surface area contributed by atoms with E-state index in [0.717, 1.165) is 0 Å². The molecule has 6 nitrogen and oxygen atoms in total. The fourth-order valence-electron chi connectivity index (χ4n) is 2.82. The fraction of sp³-hybridized carbons (Fsp3) is 0.467. The van der Waals surface area contributed by atoms with Gasteiger partial charge in [0.1, 0.15) is 11.5 Å². The lowest BCUT2D eigenvalue weighted by Gasteiger charge is -2.29. The topological polar surface area (TPSA) is 78.9 Å². The minimum atomic E-state index is -1.22. The van der Waals surface area contributed by atoms with Crippen molar-refractivity contribution in [2.24, 2.45) is 5.92 Å². The van der Waals surface area contributed by atoms with Crippen molar-refractivity contribution in [3.8, 4) is 11.5 Å². The molecule has 0 N–H and O–H groups in total. The van der Waals surface area contributed by atoms with E-state index in [-0.39, 0.29) is 12.3 Å². The van der Waals surface area contributed by atoms with Crippen LogP contribution in [0.4, 0.5) is 0 Å². The van der Waals surface area contributed by atoms with Crippen molar-refractivity contribution in [2.45, 2.75) is 19.4 Å². The van der Waals surface area contributed by atoms with Crippen LogP contribution in [0.5, 0.6) is 11.5 Å². The summed E-state index contributed by atoms with van der Waals surface area (Å²) in [5.74, 6) is -1.18. The number of amides is 1. The van der Waals surface area contributed by atoms with Gasteiger partial charge >= 0.3 is 0 Å². The van der Waals surface area contributed by atoms with Crippen LogP contribution < -0.4 is 14.6 Å². The largest absolute Gasteiger partial charge is 0.550 e. The normalized spacial score (nSPS) is 21.5. The van der Waals surface area contributed by atoms with E-state index in [1.165, 1.54) is 14.2 Å². The number of carboxylic acid groups (broad SMARTS) is 1. The molecule has 1 aliphatic rings. The van der Waals surface area contributed by atoms with E-state index >= 15 is 0 Å². The highest BCUT2D eigenvalue weighted by molar-refractivity contribution is 5.87. The predicted octanol–water partition coefficient (Wildman–Crippen LogP) is 0.363. The van der Waals surface area contributed by atoms with E-state index in [4.69, 9.17) is 9.47 Å². The first-order valence-corrected chi connectivity index (χ1v) is 6.75. The zero-order chi connectivity index (χ0) is 15.6. The molecule has 1 fully saturated rings. The summed E-state index contributed by atoms with van der Waals surface area (Å²) in [6.07, 6.45) is -0.0456. The monoisotopic (exact) mass is 292 g/mol. The molecule has 6 heteroatoms. The van der Waals surface area contributed by atoms with Gasteiger partial charge in [0.05, 0.1) is 20.3 Å². The molecule has 0 saturated carbocycles. The van der Waals surface area contributed by atoms with Gasteiger partial charge in [0, 0.05) is 36.5 Å². The molecule has 2 rings (SSSR count). The van der Waals surface area contributed by atoms with E-state index in [1.807, 2.05) is 6.92 Å². The van der Waals surface area contributed by atoms with Crippen molar-refractivity contribution in [1.82, 2.24) is 4.90 Å². The van der Waals surface area contributed by atoms with Gasteiger partial charge in [-0.3, -0.25) is 4.79 Å². The zero-order valence-corrected chi connectivity index (χ0v) is 12.3. The molecule has 114 valence electrons. The molecule has 21 heavy (non-hydrogen) atoms. The third-order valence-corrected chi connectivity index (χ3v) is 3.83. The van der Waals surface area contributed by atoms with Gasteiger partial charge in [0.2, 0.25) is 5.91 Å². The van der Waals surface area contributed by atoms with Crippen LogP contribution in [-0.4, -0.2) is 37.5 Å². The van der Waals surface area contributed by atoms with E-state index in [0.29, 0.717) is 23.6 Å². The highest BCUT2D eigenvalue weighted by atomic mass is 16.5. The van der Waals surface area contributed by atoms with Gasteiger partial charge in [-0.2, -0.15) is 0 Å². The number of nitrogens with zero attached hydrogens (tertiary/aromatic N) is 1. The number of hydrogen-bond acceptors (Lipinski definition) is 5. The van der Waals surface area contributed by atoms with E-state index in [1.54, 1.807) is 23.1 Å². The third-order valence-electron chi connectivity index (χ3n) is 3.83. The Morgan fingerprint density at radius 1 is 1.38 bits per heavy atom. The Kier molecular flexibility index (Phi) is 4.35. The lowest BCUT2D eigenvalue weighted by Crippen LogP contribution is -2.36. The number of likely N-dealkylation sites (tertiary alicyclic amines) is 1. The SMILES string of the molecule is CCN1C(=O)C[C@H](C(=O)[O-])[C@@H]1c1ccc(OC)cc1OC. The van der Waals surface area contributed by atoms with Crippen LogP contribution in [0.3, 0.4) is 0 Å². The lowest BCUT2D eigenvalue weighted by atomic mass is 9.93. The maximum atomic E-state index is 12.0. The lowest BCUT2D eigenvalue weighted by molar-refractivity contribution is -0.312. The van der Waals surface area contributed by atoms with Crippen LogP contribution in [0.25, 0.3) is 0 Å². The number of carboxylic acids is 1. The van der Waals surface area contributed by atoms with Gasteiger partial charge in [-0.1, -0.05) is 0 Å². The van der Waals surface area contributed by atoms with E-state index in [2.05, 4.69) is 0 Å². The summed E-state index contributed by atoms with van der Waals surface area (Å²) in [6.45, 7) is 2.25. The minimum Gasteiger partial charge on any atom is -0.550 e. The average molecular weight is 292 g/mol. The van der Waals surface area contributed by atoms with Crippen molar-refractivity contribution in [1.29, 1.82) is 0 Å². The molecule has 0 aliphatic carbocycles. The summed E-state index contributed by atoms with van der Waals surface area (Å²) in [7, 11) is 3.04. The van der Waals surface area contributed by atoms with Gasteiger partial charge in [-0.05, 0) is 19.1 Å². The Morgan fingerprint density at radius 3 is 2.62 bits per heavy atom. The summed E-state index contributed by atoms with van der Waals surface area (Å²) in [5.41, 5.74) is 0.653. The molecule has 0 radical (unpaired) electrons. The Labute approximate surface area is 123 Å². The second kappa shape index (κ2) is 6.03. The second-order valence-corrected chi connectivity index (χ2v) is 4.86. The minimum absolute atomic E-state index is 0.0456. The number of methoxy groups -OCH3 is 2. The Bertz CT molecular complexity index is 557. The molecule has 1 aromatic rings. The third kappa shape index (κ3) is 2.66.